The fraction of sp³-hybridized carbons (Fsp3) is 0.292. The molecule has 1 heterocycles. The molecule has 6 nitrogen and oxygen atoms in total. The Morgan fingerprint density at radius 3 is 2.27 bits per heavy atom. The maximum atomic E-state index is 12.8. The van der Waals surface area contributed by atoms with Crippen molar-refractivity contribution in [3.05, 3.63) is 89.7 Å². The largest absolute Gasteiger partial charge is 0.452 e. The van der Waals surface area contributed by atoms with Crippen LogP contribution in [0.15, 0.2) is 73.1 Å². The topological polar surface area (TPSA) is 64.4 Å². The Morgan fingerprint density at radius 2 is 1.67 bits per heavy atom. The van der Waals surface area contributed by atoms with Crippen LogP contribution in [0.4, 0.5) is 0 Å². The van der Waals surface area contributed by atoms with Crippen molar-refractivity contribution in [3.8, 4) is 0 Å². The lowest BCUT2D eigenvalue weighted by Crippen LogP contribution is -2.46. The van der Waals surface area contributed by atoms with E-state index in [0.717, 1.165) is 11.1 Å². The van der Waals surface area contributed by atoms with E-state index in [0.29, 0.717) is 18.7 Å². The van der Waals surface area contributed by atoms with Crippen molar-refractivity contribution in [1.82, 2.24) is 14.7 Å². The van der Waals surface area contributed by atoms with E-state index in [1.807, 2.05) is 75.5 Å². The number of esters is 1. The Balaban J connectivity index is 1.58. The first kappa shape index (κ1) is 21.3. The SMILES string of the molecule is CC(C)(C)N(Cc1ccccc1)C(=O)COC(=O)c1ccc(Cn2cccn2)cc1. The maximum Gasteiger partial charge on any atom is 0.338 e. The summed E-state index contributed by atoms with van der Waals surface area (Å²) in [6.45, 7) is 6.69. The predicted octanol–water partition coefficient (Wildman–Crippen LogP) is 3.92. The molecule has 0 aliphatic rings. The molecule has 1 amide bonds. The predicted molar refractivity (Wildman–Crippen MR) is 115 cm³/mol. The lowest BCUT2D eigenvalue weighted by Gasteiger charge is -2.35. The summed E-state index contributed by atoms with van der Waals surface area (Å²) in [5.74, 6) is -0.738. The molecule has 0 saturated heterocycles. The number of ether oxygens (including phenoxy) is 1. The van der Waals surface area contributed by atoms with Crippen LogP contribution in [0.3, 0.4) is 0 Å². The van der Waals surface area contributed by atoms with E-state index >= 15 is 0 Å². The first-order valence-electron chi connectivity index (χ1n) is 9.91. The normalized spacial score (nSPS) is 11.2. The number of hydrogen-bond donors (Lipinski definition) is 0. The van der Waals surface area contributed by atoms with Gasteiger partial charge in [0.25, 0.3) is 5.91 Å². The third kappa shape index (κ3) is 5.80. The monoisotopic (exact) mass is 405 g/mol. The van der Waals surface area contributed by atoms with Crippen LogP contribution in [0.2, 0.25) is 0 Å². The molecule has 3 aromatic rings. The Hall–Kier alpha value is -3.41. The molecule has 0 aliphatic carbocycles. The first-order chi connectivity index (χ1) is 14.3. The van der Waals surface area contributed by atoms with Gasteiger partial charge in [-0.25, -0.2) is 4.79 Å². The lowest BCUT2D eigenvalue weighted by molar-refractivity contribution is -0.140. The zero-order valence-corrected chi connectivity index (χ0v) is 17.6. The summed E-state index contributed by atoms with van der Waals surface area (Å²) < 4.78 is 7.11. The molecule has 0 fully saturated rings. The average molecular weight is 405 g/mol. The standard InChI is InChI=1S/C24H27N3O3/c1-24(2,3)27(17-19-8-5-4-6-9-19)22(28)18-30-23(29)21-12-10-20(11-13-21)16-26-15-7-14-25-26/h4-15H,16-18H2,1-3H3. The van der Waals surface area contributed by atoms with Crippen molar-refractivity contribution in [1.29, 1.82) is 0 Å². The maximum absolute atomic E-state index is 12.8. The molecule has 30 heavy (non-hydrogen) atoms. The molecule has 3 rings (SSSR count). The van der Waals surface area contributed by atoms with Crippen molar-refractivity contribution in [2.24, 2.45) is 0 Å². The molecule has 0 aliphatic heterocycles. The van der Waals surface area contributed by atoms with Crippen molar-refractivity contribution in [2.75, 3.05) is 6.61 Å². The highest BCUT2D eigenvalue weighted by Crippen LogP contribution is 2.18. The molecule has 156 valence electrons. The van der Waals surface area contributed by atoms with E-state index in [1.165, 1.54) is 0 Å². The van der Waals surface area contributed by atoms with Crippen LogP contribution in [0.1, 0.15) is 42.3 Å². The summed E-state index contributed by atoms with van der Waals surface area (Å²) in [7, 11) is 0. The van der Waals surface area contributed by atoms with Crippen molar-refractivity contribution >= 4 is 11.9 Å². The molecule has 0 bridgehead atoms. The quantitative estimate of drug-likeness (QED) is 0.559. The number of carbonyl (C=O) groups excluding carboxylic acids is 2. The van der Waals surface area contributed by atoms with Crippen LogP contribution in [-0.4, -0.2) is 38.7 Å². The van der Waals surface area contributed by atoms with Gasteiger partial charge >= 0.3 is 5.97 Å². The fourth-order valence-corrected chi connectivity index (χ4v) is 3.08. The summed E-state index contributed by atoms with van der Waals surface area (Å²) in [4.78, 5) is 26.9. The van der Waals surface area contributed by atoms with Gasteiger partial charge in [0.1, 0.15) is 0 Å². The molecule has 1 aromatic heterocycles. The van der Waals surface area contributed by atoms with Gasteiger partial charge in [0.15, 0.2) is 6.61 Å². The smallest absolute Gasteiger partial charge is 0.338 e. The zero-order chi connectivity index (χ0) is 21.6. The summed E-state index contributed by atoms with van der Waals surface area (Å²) >= 11 is 0. The summed E-state index contributed by atoms with van der Waals surface area (Å²) in [5.41, 5.74) is 2.07. The van der Waals surface area contributed by atoms with Crippen LogP contribution in [0.25, 0.3) is 0 Å². The lowest BCUT2D eigenvalue weighted by atomic mass is 10.0. The second kappa shape index (κ2) is 9.39. The molecule has 2 aromatic carbocycles. The van der Waals surface area contributed by atoms with Gasteiger partial charge in [0.2, 0.25) is 0 Å². The first-order valence-corrected chi connectivity index (χ1v) is 9.91. The molecular weight excluding hydrogens is 378 g/mol. The van der Waals surface area contributed by atoms with Crippen LogP contribution in [0, 0.1) is 0 Å². The van der Waals surface area contributed by atoms with Gasteiger partial charge < -0.3 is 9.64 Å². The highest BCUT2D eigenvalue weighted by atomic mass is 16.5. The number of rotatable bonds is 7. The third-order valence-electron chi connectivity index (χ3n) is 4.71. The summed E-state index contributed by atoms with van der Waals surface area (Å²) in [5, 5.41) is 4.17. The highest BCUT2D eigenvalue weighted by molar-refractivity contribution is 5.91. The van der Waals surface area contributed by atoms with Crippen molar-refractivity contribution < 1.29 is 14.3 Å². The molecule has 0 N–H and O–H groups in total. The number of amides is 1. The van der Waals surface area contributed by atoms with E-state index in [1.54, 1.807) is 27.9 Å². The molecule has 0 atom stereocenters. The molecule has 0 radical (unpaired) electrons. The van der Waals surface area contributed by atoms with Gasteiger partial charge in [-0.2, -0.15) is 5.10 Å². The van der Waals surface area contributed by atoms with E-state index in [2.05, 4.69) is 5.10 Å². The van der Waals surface area contributed by atoms with E-state index in [9.17, 15) is 9.59 Å². The molecule has 6 heteroatoms. The van der Waals surface area contributed by atoms with Crippen LogP contribution in [-0.2, 0) is 22.6 Å². The van der Waals surface area contributed by atoms with Crippen LogP contribution < -0.4 is 0 Å². The van der Waals surface area contributed by atoms with Gasteiger partial charge in [-0.15, -0.1) is 0 Å². The Morgan fingerprint density at radius 1 is 0.967 bits per heavy atom. The second-order valence-electron chi connectivity index (χ2n) is 8.11. The summed E-state index contributed by atoms with van der Waals surface area (Å²) in [6.07, 6.45) is 3.60. The number of nitrogens with zero attached hydrogens (tertiary/aromatic N) is 3. The average Bonchev–Trinajstić information content (AvgIpc) is 3.23. The number of aromatic nitrogens is 2. The van der Waals surface area contributed by atoms with Gasteiger partial charge in [0, 0.05) is 24.5 Å². The second-order valence-corrected chi connectivity index (χ2v) is 8.11. The minimum Gasteiger partial charge on any atom is -0.452 e. The molecular formula is C24H27N3O3. The van der Waals surface area contributed by atoms with Gasteiger partial charge in [-0.05, 0) is 50.1 Å². The van der Waals surface area contributed by atoms with Gasteiger partial charge in [0.05, 0.1) is 12.1 Å². The number of benzene rings is 2. The molecule has 0 saturated carbocycles. The Kier molecular flexibility index (Phi) is 6.67. The van der Waals surface area contributed by atoms with Crippen LogP contribution in [0.5, 0.6) is 0 Å². The van der Waals surface area contributed by atoms with Gasteiger partial charge in [-0.1, -0.05) is 42.5 Å². The number of hydrogen-bond acceptors (Lipinski definition) is 4. The molecule has 0 unspecified atom stereocenters. The number of carbonyl (C=O) groups is 2. The Bertz CT molecular complexity index is 959. The van der Waals surface area contributed by atoms with Crippen LogP contribution >= 0.6 is 0 Å². The van der Waals surface area contributed by atoms with Gasteiger partial charge in [-0.3, -0.25) is 9.48 Å². The minimum atomic E-state index is -0.512. The molecule has 0 spiro atoms. The zero-order valence-electron chi connectivity index (χ0n) is 17.6. The van der Waals surface area contributed by atoms with E-state index in [4.69, 9.17) is 4.74 Å². The Labute approximate surface area is 177 Å². The summed E-state index contributed by atoms with van der Waals surface area (Å²) in [6, 6.07) is 18.8. The van der Waals surface area contributed by atoms with Crippen molar-refractivity contribution in [2.45, 2.75) is 39.4 Å². The fourth-order valence-electron chi connectivity index (χ4n) is 3.08. The minimum absolute atomic E-state index is 0.227. The van der Waals surface area contributed by atoms with Crippen molar-refractivity contribution in [3.63, 3.8) is 0 Å². The van der Waals surface area contributed by atoms with E-state index < -0.39 is 11.5 Å². The van der Waals surface area contributed by atoms with E-state index in [-0.39, 0.29) is 12.5 Å². The highest BCUT2D eigenvalue weighted by Gasteiger charge is 2.27. The third-order valence-corrected chi connectivity index (χ3v) is 4.71.